The van der Waals surface area contributed by atoms with Gasteiger partial charge in [0.15, 0.2) is 0 Å². The fourth-order valence-electron chi connectivity index (χ4n) is 4.56. The molecule has 0 aliphatic carbocycles. The number of ketones is 1. The number of Topliss-reactive ketones (excluding diaryl/α,β-unsaturated/α-hetero) is 1. The molecule has 0 saturated carbocycles. The lowest BCUT2D eigenvalue weighted by Gasteiger charge is -2.19. The van der Waals surface area contributed by atoms with E-state index >= 15 is 0 Å². The van der Waals surface area contributed by atoms with Gasteiger partial charge >= 0.3 is 0 Å². The number of carbonyl (C=O) groups is 1. The minimum Gasteiger partial charge on any atom is -0.309 e. The molecular formula is C29H36N4O3S. The number of benzene rings is 2. The number of hydrogen-bond acceptors (Lipinski definition) is 6. The summed E-state index contributed by atoms with van der Waals surface area (Å²) >= 11 is 0. The van der Waals surface area contributed by atoms with Crippen molar-refractivity contribution in [3.63, 3.8) is 0 Å². The van der Waals surface area contributed by atoms with E-state index in [1.54, 1.807) is 54.9 Å². The van der Waals surface area contributed by atoms with Crippen LogP contribution in [-0.4, -0.2) is 50.3 Å². The second-order valence-corrected chi connectivity index (χ2v) is 11.4. The number of aromatic nitrogens is 1. The van der Waals surface area contributed by atoms with Crippen molar-refractivity contribution < 1.29 is 13.2 Å². The van der Waals surface area contributed by atoms with Gasteiger partial charge in [0.2, 0.25) is 0 Å². The maximum atomic E-state index is 13.0. The summed E-state index contributed by atoms with van der Waals surface area (Å²) in [5.74, 6) is 0.136. The van der Waals surface area contributed by atoms with Crippen molar-refractivity contribution in [2.24, 2.45) is 0 Å². The topological polar surface area (TPSA) is 91.4 Å². The summed E-state index contributed by atoms with van der Waals surface area (Å²) in [5, 5.41) is 3.51. The molecular weight excluding hydrogens is 484 g/mol. The van der Waals surface area contributed by atoms with Gasteiger partial charge in [0.1, 0.15) is 5.78 Å². The summed E-state index contributed by atoms with van der Waals surface area (Å²) in [7, 11) is -3.74. The first kappa shape index (κ1) is 27.0. The predicted molar refractivity (Wildman–Crippen MR) is 147 cm³/mol. The molecule has 0 radical (unpaired) electrons. The van der Waals surface area contributed by atoms with E-state index in [9.17, 15) is 13.2 Å². The number of anilines is 1. The maximum absolute atomic E-state index is 13.0. The number of sulfonamides is 1. The van der Waals surface area contributed by atoms with Gasteiger partial charge in [-0.2, -0.15) is 0 Å². The highest BCUT2D eigenvalue weighted by Crippen LogP contribution is 2.21. The Hall–Kier alpha value is -3.07. The minimum absolute atomic E-state index is 0.0488. The Balaban J connectivity index is 1.29. The molecule has 2 heterocycles. The molecule has 2 aromatic carbocycles. The number of nitrogens with zero attached hydrogens (tertiary/aromatic N) is 2. The zero-order valence-electron chi connectivity index (χ0n) is 21.4. The summed E-state index contributed by atoms with van der Waals surface area (Å²) < 4.78 is 28.8. The Morgan fingerprint density at radius 2 is 1.81 bits per heavy atom. The Labute approximate surface area is 220 Å². The van der Waals surface area contributed by atoms with E-state index in [4.69, 9.17) is 0 Å². The molecule has 1 saturated heterocycles. The molecule has 1 aromatic heterocycles. The van der Waals surface area contributed by atoms with Crippen LogP contribution in [0.15, 0.2) is 78.0 Å². The van der Waals surface area contributed by atoms with E-state index in [2.05, 4.69) is 26.8 Å². The van der Waals surface area contributed by atoms with E-state index < -0.39 is 10.0 Å². The largest absolute Gasteiger partial charge is 0.309 e. The van der Waals surface area contributed by atoms with E-state index in [0.29, 0.717) is 24.9 Å². The van der Waals surface area contributed by atoms with Crippen LogP contribution < -0.4 is 10.0 Å². The van der Waals surface area contributed by atoms with Gasteiger partial charge in [-0.15, -0.1) is 0 Å². The number of pyridine rings is 1. The van der Waals surface area contributed by atoms with Crippen LogP contribution in [0.25, 0.3) is 0 Å². The van der Waals surface area contributed by atoms with Crippen LogP contribution in [0.4, 0.5) is 5.69 Å². The van der Waals surface area contributed by atoms with Gasteiger partial charge in [-0.3, -0.25) is 14.5 Å². The Kier molecular flexibility index (Phi) is 9.44. The summed E-state index contributed by atoms with van der Waals surface area (Å²) in [4.78, 5) is 19.1. The molecule has 3 aromatic rings. The third kappa shape index (κ3) is 8.21. The summed E-state index contributed by atoms with van der Waals surface area (Å²) in [5.41, 5.74) is 3.30. The number of likely N-dealkylation sites (tertiary alicyclic amines) is 1. The third-order valence-corrected chi connectivity index (χ3v) is 8.15. The smallest absolute Gasteiger partial charge is 0.261 e. The molecule has 1 atom stereocenters. The highest BCUT2D eigenvalue weighted by molar-refractivity contribution is 7.92. The Morgan fingerprint density at radius 1 is 1.03 bits per heavy atom. The molecule has 4 rings (SSSR count). The van der Waals surface area contributed by atoms with Gasteiger partial charge in [0.25, 0.3) is 10.0 Å². The van der Waals surface area contributed by atoms with Crippen LogP contribution in [0.2, 0.25) is 0 Å². The second-order valence-electron chi connectivity index (χ2n) is 9.68. The summed E-state index contributed by atoms with van der Waals surface area (Å²) in [6, 6.07) is 17.9. The number of aryl methyl sites for hydroxylation is 1. The van der Waals surface area contributed by atoms with Crippen molar-refractivity contribution in [1.82, 2.24) is 15.2 Å². The average Bonchev–Trinajstić information content (AvgIpc) is 3.43. The van der Waals surface area contributed by atoms with Crippen molar-refractivity contribution in [3.05, 3.63) is 89.7 Å². The van der Waals surface area contributed by atoms with Crippen molar-refractivity contribution in [3.8, 4) is 0 Å². The lowest BCUT2D eigenvalue weighted by molar-refractivity contribution is -0.118. The summed E-state index contributed by atoms with van der Waals surface area (Å²) in [6.07, 6.45) is 7.46. The first-order valence-corrected chi connectivity index (χ1v) is 14.5. The van der Waals surface area contributed by atoms with Crippen LogP contribution in [0.5, 0.6) is 0 Å². The molecule has 1 aliphatic rings. The van der Waals surface area contributed by atoms with E-state index in [1.165, 1.54) is 25.9 Å². The normalized spacial score (nSPS) is 14.9. The van der Waals surface area contributed by atoms with E-state index in [1.807, 2.05) is 18.2 Å². The predicted octanol–water partition coefficient (Wildman–Crippen LogP) is 4.37. The van der Waals surface area contributed by atoms with Crippen LogP contribution in [0.1, 0.15) is 48.9 Å². The third-order valence-electron chi connectivity index (χ3n) is 6.77. The van der Waals surface area contributed by atoms with Crippen molar-refractivity contribution in [2.75, 3.05) is 30.9 Å². The van der Waals surface area contributed by atoms with E-state index in [0.717, 1.165) is 29.8 Å². The number of carbonyl (C=O) groups excluding carboxylic acids is 1. The lowest BCUT2D eigenvalue weighted by Crippen LogP contribution is -2.31. The second kappa shape index (κ2) is 12.9. The number of nitrogens with one attached hydrogen (secondary N) is 2. The Bertz CT molecular complexity index is 1260. The van der Waals surface area contributed by atoms with Crippen LogP contribution >= 0.6 is 0 Å². The van der Waals surface area contributed by atoms with Gasteiger partial charge in [0, 0.05) is 50.1 Å². The first-order chi connectivity index (χ1) is 17.9. The molecule has 8 heteroatoms. The first-order valence-electron chi connectivity index (χ1n) is 13.0. The summed E-state index contributed by atoms with van der Waals surface area (Å²) in [6.45, 7) is 6.27. The number of hydrogen-bond donors (Lipinski definition) is 2. The molecule has 2 N–H and O–H groups in total. The highest BCUT2D eigenvalue weighted by Gasteiger charge is 2.17. The fourth-order valence-corrected chi connectivity index (χ4v) is 5.68. The van der Waals surface area contributed by atoms with E-state index in [-0.39, 0.29) is 16.7 Å². The highest BCUT2D eigenvalue weighted by atomic mass is 32.2. The van der Waals surface area contributed by atoms with Crippen molar-refractivity contribution >= 4 is 21.5 Å². The van der Waals surface area contributed by atoms with Gasteiger partial charge < -0.3 is 10.2 Å². The molecule has 1 aliphatic heterocycles. The zero-order chi connectivity index (χ0) is 26.1. The molecule has 0 bridgehead atoms. The van der Waals surface area contributed by atoms with Gasteiger partial charge in [-0.05, 0) is 86.3 Å². The van der Waals surface area contributed by atoms with Crippen LogP contribution in [0, 0.1) is 0 Å². The van der Waals surface area contributed by atoms with Crippen molar-refractivity contribution in [2.45, 2.75) is 50.0 Å². The van der Waals surface area contributed by atoms with Gasteiger partial charge in [0.05, 0.1) is 4.90 Å². The molecule has 1 fully saturated rings. The molecule has 7 nitrogen and oxygen atoms in total. The average molecular weight is 521 g/mol. The Morgan fingerprint density at radius 3 is 2.54 bits per heavy atom. The molecule has 196 valence electrons. The van der Waals surface area contributed by atoms with Gasteiger partial charge in [-0.25, -0.2) is 8.42 Å². The quantitative estimate of drug-likeness (QED) is 0.348. The standard InChI is InChI=1S/C29H36N4O3S/c1-23(31-16-19-33-17-2-3-18-33)26-7-4-8-29(21-26)37(35,36)32-27-12-9-24(10-13-27)20-28(34)14-11-25-6-5-15-30-22-25/h4-10,12-13,15,21-23,31-32H,2-3,11,14,16-20H2,1H3. The van der Waals surface area contributed by atoms with Crippen molar-refractivity contribution in [1.29, 1.82) is 0 Å². The molecule has 1 unspecified atom stereocenters. The fraction of sp³-hybridized carbons (Fsp3) is 0.379. The monoisotopic (exact) mass is 520 g/mol. The zero-order valence-corrected chi connectivity index (χ0v) is 22.2. The maximum Gasteiger partial charge on any atom is 0.261 e. The molecule has 37 heavy (non-hydrogen) atoms. The minimum atomic E-state index is -3.74. The van der Waals surface area contributed by atoms with Crippen LogP contribution in [0.3, 0.4) is 0 Å². The SMILES string of the molecule is CC(NCCN1CCCC1)c1cccc(S(=O)(=O)Nc2ccc(CC(=O)CCc3cccnc3)cc2)c1. The van der Waals surface area contributed by atoms with Gasteiger partial charge in [-0.1, -0.05) is 30.3 Å². The van der Waals surface area contributed by atoms with Crippen LogP contribution in [-0.2, 0) is 27.7 Å². The molecule has 0 spiro atoms. The molecule has 0 amide bonds. The number of rotatable bonds is 13. The lowest BCUT2D eigenvalue weighted by atomic mass is 10.0.